The van der Waals surface area contributed by atoms with Gasteiger partial charge in [0.15, 0.2) is 0 Å². The maximum atomic E-state index is 11.9. The van der Waals surface area contributed by atoms with Crippen LogP contribution < -0.4 is 15.4 Å². The van der Waals surface area contributed by atoms with Gasteiger partial charge in [-0.25, -0.2) is 0 Å². The molecule has 1 unspecified atom stereocenters. The molecule has 1 fully saturated rings. The van der Waals surface area contributed by atoms with Crippen molar-refractivity contribution in [3.8, 4) is 5.75 Å². The van der Waals surface area contributed by atoms with Crippen LogP contribution in [0.5, 0.6) is 5.75 Å². The molecule has 0 aliphatic carbocycles. The summed E-state index contributed by atoms with van der Waals surface area (Å²) in [6, 6.07) is 7.36. The van der Waals surface area contributed by atoms with E-state index in [2.05, 4.69) is 10.6 Å². The third kappa shape index (κ3) is 6.99. The molecule has 6 nitrogen and oxygen atoms in total. The molecule has 0 spiro atoms. The number of carbonyl (C=O) groups excluding carboxylic acids is 1. The lowest BCUT2D eigenvalue weighted by molar-refractivity contribution is -0.115. The van der Waals surface area contributed by atoms with Crippen LogP contribution in [0.3, 0.4) is 0 Å². The molecule has 1 heterocycles. The van der Waals surface area contributed by atoms with Crippen molar-refractivity contribution in [2.45, 2.75) is 25.9 Å². The van der Waals surface area contributed by atoms with Crippen molar-refractivity contribution in [2.75, 3.05) is 44.8 Å². The van der Waals surface area contributed by atoms with E-state index < -0.39 is 0 Å². The van der Waals surface area contributed by atoms with Crippen molar-refractivity contribution in [3.63, 3.8) is 0 Å². The van der Waals surface area contributed by atoms with Crippen molar-refractivity contribution in [1.29, 1.82) is 0 Å². The largest absolute Gasteiger partial charge is 0.491 e. The summed E-state index contributed by atoms with van der Waals surface area (Å²) in [4.78, 5) is 11.9. The predicted molar refractivity (Wildman–Crippen MR) is 88.9 cm³/mol. The molecule has 1 aromatic rings. The fourth-order valence-electron chi connectivity index (χ4n) is 2.38. The number of amides is 1. The van der Waals surface area contributed by atoms with E-state index in [1.807, 2.05) is 31.2 Å². The number of hydrogen-bond acceptors (Lipinski definition) is 5. The van der Waals surface area contributed by atoms with Gasteiger partial charge >= 0.3 is 0 Å². The summed E-state index contributed by atoms with van der Waals surface area (Å²) < 4.78 is 16.3. The minimum atomic E-state index is -0.0746. The van der Waals surface area contributed by atoms with Gasteiger partial charge in [-0.15, -0.1) is 0 Å². The topological polar surface area (TPSA) is 68.8 Å². The maximum Gasteiger partial charge on any atom is 0.238 e. The van der Waals surface area contributed by atoms with Crippen molar-refractivity contribution in [2.24, 2.45) is 0 Å². The van der Waals surface area contributed by atoms with Crippen molar-refractivity contribution in [1.82, 2.24) is 5.32 Å². The van der Waals surface area contributed by atoms with E-state index in [9.17, 15) is 4.79 Å². The van der Waals surface area contributed by atoms with Crippen molar-refractivity contribution < 1.29 is 19.0 Å². The van der Waals surface area contributed by atoms with Gasteiger partial charge in [-0.05, 0) is 31.9 Å². The molecule has 1 amide bonds. The van der Waals surface area contributed by atoms with Gasteiger partial charge in [0, 0.05) is 31.5 Å². The summed E-state index contributed by atoms with van der Waals surface area (Å²) >= 11 is 0. The van der Waals surface area contributed by atoms with E-state index in [1.165, 1.54) is 0 Å². The molecule has 2 rings (SSSR count). The Morgan fingerprint density at radius 3 is 3.09 bits per heavy atom. The number of carbonyl (C=O) groups is 1. The zero-order valence-corrected chi connectivity index (χ0v) is 13.7. The molecule has 0 saturated carbocycles. The van der Waals surface area contributed by atoms with E-state index in [0.717, 1.165) is 30.9 Å². The predicted octanol–water partition coefficient (Wildman–Crippen LogP) is 1.81. The van der Waals surface area contributed by atoms with Crippen LogP contribution in [-0.2, 0) is 14.3 Å². The molecule has 128 valence electrons. The van der Waals surface area contributed by atoms with E-state index in [0.29, 0.717) is 26.4 Å². The number of benzene rings is 1. The Balaban J connectivity index is 1.67. The fourth-order valence-corrected chi connectivity index (χ4v) is 2.38. The van der Waals surface area contributed by atoms with Crippen LogP contribution >= 0.6 is 0 Å². The third-order valence-corrected chi connectivity index (χ3v) is 3.50. The number of anilines is 1. The number of rotatable bonds is 10. The zero-order valence-electron chi connectivity index (χ0n) is 13.7. The third-order valence-electron chi connectivity index (χ3n) is 3.50. The van der Waals surface area contributed by atoms with Gasteiger partial charge in [-0.1, -0.05) is 6.07 Å². The van der Waals surface area contributed by atoms with Crippen LogP contribution in [0.4, 0.5) is 5.69 Å². The van der Waals surface area contributed by atoms with E-state index in [4.69, 9.17) is 14.2 Å². The second kappa shape index (κ2) is 10.2. The molecule has 1 aromatic carbocycles. The molecule has 0 aromatic heterocycles. The van der Waals surface area contributed by atoms with Gasteiger partial charge in [0.05, 0.1) is 19.3 Å². The number of hydrogen-bond donors (Lipinski definition) is 2. The summed E-state index contributed by atoms with van der Waals surface area (Å²) in [6.07, 6.45) is 2.41. The lowest BCUT2D eigenvalue weighted by Crippen LogP contribution is -2.33. The van der Waals surface area contributed by atoms with Gasteiger partial charge in [-0.3, -0.25) is 4.79 Å². The number of nitrogens with one attached hydrogen (secondary N) is 2. The van der Waals surface area contributed by atoms with Crippen LogP contribution in [0.2, 0.25) is 0 Å². The Hall–Kier alpha value is -1.63. The highest BCUT2D eigenvalue weighted by Gasteiger charge is 2.15. The second-order valence-electron chi connectivity index (χ2n) is 5.39. The molecule has 1 atom stereocenters. The van der Waals surface area contributed by atoms with Crippen LogP contribution in [-0.4, -0.2) is 51.5 Å². The van der Waals surface area contributed by atoms with Crippen molar-refractivity contribution in [3.05, 3.63) is 24.3 Å². The highest BCUT2D eigenvalue weighted by molar-refractivity contribution is 5.92. The molecule has 23 heavy (non-hydrogen) atoms. The van der Waals surface area contributed by atoms with Gasteiger partial charge in [0.1, 0.15) is 12.4 Å². The molecule has 0 radical (unpaired) electrons. The highest BCUT2D eigenvalue weighted by Crippen LogP contribution is 2.17. The molecule has 6 heteroatoms. The van der Waals surface area contributed by atoms with Crippen LogP contribution in [0.25, 0.3) is 0 Å². The van der Waals surface area contributed by atoms with Crippen LogP contribution in [0.15, 0.2) is 24.3 Å². The van der Waals surface area contributed by atoms with Gasteiger partial charge in [0.2, 0.25) is 5.91 Å². The Morgan fingerprint density at radius 2 is 2.30 bits per heavy atom. The summed E-state index contributed by atoms with van der Waals surface area (Å²) in [5.41, 5.74) is 0.725. The minimum Gasteiger partial charge on any atom is -0.491 e. The van der Waals surface area contributed by atoms with Gasteiger partial charge in [0.25, 0.3) is 0 Å². The Morgan fingerprint density at radius 1 is 1.39 bits per heavy atom. The summed E-state index contributed by atoms with van der Waals surface area (Å²) in [7, 11) is 0. The average molecular weight is 322 g/mol. The lowest BCUT2D eigenvalue weighted by atomic mass is 10.2. The highest BCUT2D eigenvalue weighted by atomic mass is 16.5. The van der Waals surface area contributed by atoms with Crippen molar-refractivity contribution >= 4 is 11.6 Å². The SMILES string of the molecule is CCOCCOc1cccc(NC(=O)CNCC2CCCO2)c1. The summed E-state index contributed by atoms with van der Waals surface area (Å²) in [5, 5.41) is 5.98. The summed E-state index contributed by atoms with van der Waals surface area (Å²) in [6.45, 7) is 5.49. The Bertz CT molecular complexity index is 475. The first kappa shape index (κ1) is 17.7. The quantitative estimate of drug-likeness (QED) is 0.643. The second-order valence-corrected chi connectivity index (χ2v) is 5.39. The first-order valence-corrected chi connectivity index (χ1v) is 8.20. The molecule has 1 saturated heterocycles. The van der Waals surface area contributed by atoms with E-state index in [1.54, 1.807) is 0 Å². The van der Waals surface area contributed by atoms with Crippen LogP contribution in [0.1, 0.15) is 19.8 Å². The van der Waals surface area contributed by atoms with Crippen LogP contribution in [0, 0.1) is 0 Å². The average Bonchev–Trinajstić information content (AvgIpc) is 3.05. The molecule has 0 bridgehead atoms. The molecular weight excluding hydrogens is 296 g/mol. The Kier molecular flexibility index (Phi) is 7.86. The molecule has 1 aliphatic heterocycles. The van der Waals surface area contributed by atoms with Gasteiger partial charge in [-0.2, -0.15) is 0 Å². The molecule has 2 N–H and O–H groups in total. The Labute approximate surface area is 137 Å². The monoisotopic (exact) mass is 322 g/mol. The number of ether oxygens (including phenoxy) is 3. The summed E-state index contributed by atoms with van der Waals surface area (Å²) in [5.74, 6) is 0.643. The van der Waals surface area contributed by atoms with E-state index >= 15 is 0 Å². The maximum absolute atomic E-state index is 11.9. The normalized spacial score (nSPS) is 17.2. The first-order valence-electron chi connectivity index (χ1n) is 8.20. The zero-order chi connectivity index (χ0) is 16.3. The lowest BCUT2D eigenvalue weighted by Gasteiger charge is -2.11. The fraction of sp³-hybridized carbons (Fsp3) is 0.588. The molecular formula is C17H26N2O4. The van der Waals surface area contributed by atoms with Gasteiger partial charge < -0.3 is 24.8 Å². The standard InChI is InChI=1S/C17H26N2O4/c1-2-21-9-10-23-15-6-3-5-14(11-15)19-17(20)13-18-12-16-7-4-8-22-16/h3,5-6,11,16,18H,2,4,7-10,12-13H2,1H3,(H,19,20). The minimum absolute atomic E-state index is 0.0746. The van der Waals surface area contributed by atoms with E-state index in [-0.39, 0.29) is 18.6 Å². The molecule has 1 aliphatic rings. The first-order chi connectivity index (χ1) is 11.3. The smallest absolute Gasteiger partial charge is 0.238 e.